The van der Waals surface area contributed by atoms with Gasteiger partial charge in [0.15, 0.2) is 4.96 Å². The molecule has 0 radical (unpaired) electrons. The first kappa shape index (κ1) is 9.80. The van der Waals surface area contributed by atoms with Crippen molar-refractivity contribution in [2.45, 2.75) is 12.5 Å². The Morgan fingerprint density at radius 3 is 3.38 bits per heavy atom. The molecule has 84 valence electrons. The van der Waals surface area contributed by atoms with E-state index in [9.17, 15) is 4.79 Å². The first-order valence-electron chi connectivity index (χ1n) is 5.14. The van der Waals surface area contributed by atoms with E-state index in [1.54, 1.807) is 17.5 Å². The quantitative estimate of drug-likeness (QED) is 0.821. The van der Waals surface area contributed by atoms with Crippen LogP contribution in [0.4, 0.5) is 0 Å². The summed E-state index contributed by atoms with van der Waals surface area (Å²) < 4.78 is 1.96. The number of nitrogens with zero attached hydrogens (tertiary/aromatic N) is 2. The zero-order valence-electron chi connectivity index (χ0n) is 8.46. The molecule has 3 heterocycles. The number of hydrogen-bond acceptors (Lipinski definition) is 4. The van der Waals surface area contributed by atoms with E-state index in [0.717, 1.165) is 17.2 Å². The Balaban J connectivity index is 2.03. The molecule has 2 aromatic rings. The molecular weight excluding hydrogens is 226 g/mol. The summed E-state index contributed by atoms with van der Waals surface area (Å²) in [6, 6.07) is -0.0968. The SMILES string of the molecule is O=C(O)C1CCNC1c1csc2nccn12. The van der Waals surface area contributed by atoms with Crippen LogP contribution in [0.25, 0.3) is 4.96 Å². The largest absolute Gasteiger partial charge is 0.481 e. The topological polar surface area (TPSA) is 66.6 Å². The molecule has 2 atom stereocenters. The number of thiazole rings is 1. The van der Waals surface area contributed by atoms with Gasteiger partial charge in [0.1, 0.15) is 0 Å². The van der Waals surface area contributed by atoms with Gasteiger partial charge in [-0.05, 0) is 13.0 Å². The van der Waals surface area contributed by atoms with Crippen molar-refractivity contribution in [3.8, 4) is 0 Å². The Morgan fingerprint density at radius 1 is 1.69 bits per heavy atom. The van der Waals surface area contributed by atoms with Gasteiger partial charge in [0.25, 0.3) is 0 Å². The maximum Gasteiger partial charge on any atom is 0.308 e. The van der Waals surface area contributed by atoms with Gasteiger partial charge in [-0.25, -0.2) is 4.98 Å². The molecule has 2 aromatic heterocycles. The molecule has 2 N–H and O–H groups in total. The van der Waals surface area contributed by atoms with Gasteiger partial charge >= 0.3 is 5.97 Å². The third-order valence-electron chi connectivity index (χ3n) is 3.03. The minimum Gasteiger partial charge on any atom is -0.481 e. The molecule has 1 saturated heterocycles. The summed E-state index contributed by atoms with van der Waals surface area (Å²) in [5.74, 6) is -1.06. The van der Waals surface area contributed by atoms with Gasteiger partial charge in [0, 0.05) is 17.8 Å². The molecule has 0 saturated carbocycles. The van der Waals surface area contributed by atoms with E-state index in [1.165, 1.54) is 0 Å². The minimum absolute atomic E-state index is 0.0968. The summed E-state index contributed by atoms with van der Waals surface area (Å²) in [5, 5.41) is 14.4. The van der Waals surface area contributed by atoms with Crippen LogP contribution in [0.15, 0.2) is 17.8 Å². The number of fused-ring (bicyclic) bond motifs is 1. The lowest BCUT2D eigenvalue weighted by Crippen LogP contribution is -2.24. The zero-order valence-corrected chi connectivity index (χ0v) is 9.28. The molecule has 0 aromatic carbocycles. The Morgan fingerprint density at radius 2 is 2.56 bits per heavy atom. The summed E-state index contributed by atoms with van der Waals surface area (Å²) in [6.07, 6.45) is 4.30. The normalized spacial score (nSPS) is 25.2. The summed E-state index contributed by atoms with van der Waals surface area (Å²) in [5.41, 5.74) is 1.00. The third-order valence-corrected chi connectivity index (χ3v) is 3.90. The van der Waals surface area contributed by atoms with Crippen LogP contribution >= 0.6 is 11.3 Å². The molecule has 2 unspecified atom stereocenters. The molecular formula is C10H11N3O2S. The fraction of sp³-hybridized carbons (Fsp3) is 0.400. The fourth-order valence-electron chi connectivity index (χ4n) is 2.25. The molecule has 1 aliphatic rings. The highest BCUT2D eigenvalue weighted by Gasteiger charge is 2.35. The first-order valence-corrected chi connectivity index (χ1v) is 6.02. The predicted molar refractivity (Wildman–Crippen MR) is 59.6 cm³/mol. The Kier molecular flexibility index (Phi) is 2.19. The average molecular weight is 237 g/mol. The molecule has 1 aliphatic heterocycles. The Hall–Kier alpha value is -1.40. The highest BCUT2D eigenvalue weighted by molar-refractivity contribution is 7.15. The molecule has 5 nitrogen and oxygen atoms in total. The van der Waals surface area contributed by atoms with E-state index < -0.39 is 5.97 Å². The summed E-state index contributed by atoms with van der Waals surface area (Å²) >= 11 is 1.54. The number of imidazole rings is 1. The van der Waals surface area contributed by atoms with Crippen LogP contribution in [-0.2, 0) is 4.79 Å². The molecule has 6 heteroatoms. The molecule has 3 rings (SSSR count). The zero-order chi connectivity index (χ0) is 11.1. The van der Waals surface area contributed by atoms with Crippen LogP contribution < -0.4 is 5.32 Å². The van der Waals surface area contributed by atoms with Gasteiger partial charge in [-0.1, -0.05) is 0 Å². The van der Waals surface area contributed by atoms with E-state index in [2.05, 4.69) is 10.3 Å². The lowest BCUT2D eigenvalue weighted by molar-refractivity contribution is -0.142. The maximum absolute atomic E-state index is 11.1. The molecule has 0 bridgehead atoms. The number of carboxylic acid groups (broad SMARTS) is 1. The van der Waals surface area contributed by atoms with Crippen LogP contribution in [0, 0.1) is 5.92 Å². The van der Waals surface area contributed by atoms with E-state index in [0.29, 0.717) is 6.42 Å². The van der Waals surface area contributed by atoms with Crippen molar-refractivity contribution in [3.05, 3.63) is 23.5 Å². The van der Waals surface area contributed by atoms with Gasteiger partial charge in [0.05, 0.1) is 17.7 Å². The molecule has 0 amide bonds. The number of aliphatic carboxylic acids is 1. The monoisotopic (exact) mass is 237 g/mol. The average Bonchev–Trinajstić information content (AvgIpc) is 2.92. The van der Waals surface area contributed by atoms with Crippen LogP contribution in [0.5, 0.6) is 0 Å². The Bertz CT molecular complexity index is 533. The molecule has 0 aliphatic carbocycles. The fourth-order valence-corrected chi connectivity index (χ4v) is 3.13. The number of aromatic nitrogens is 2. The second kappa shape index (κ2) is 3.57. The highest BCUT2D eigenvalue weighted by Crippen LogP contribution is 2.32. The van der Waals surface area contributed by atoms with Crippen molar-refractivity contribution in [2.75, 3.05) is 6.54 Å². The summed E-state index contributed by atoms with van der Waals surface area (Å²) in [6.45, 7) is 0.758. The number of hydrogen-bond donors (Lipinski definition) is 2. The standard InChI is InChI=1S/C10H11N3O2S/c14-9(15)6-1-2-11-8(6)7-5-16-10-12-3-4-13(7)10/h3-6,8,11H,1-2H2,(H,14,15). The second-order valence-corrected chi connectivity index (χ2v) is 4.74. The van der Waals surface area contributed by atoms with Crippen LogP contribution in [-0.4, -0.2) is 27.0 Å². The number of rotatable bonds is 2. The van der Waals surface area contributed by atoms with Crippen molar-refractivity contribution >= 4 is 22.3 Å². The van der Waals surface area contributed by atoms with E-state index >= 15 is 0 Å². The van der Waals surface area contributed by atoms with E-state index in [-0.39, 0.29) is 12.0 Å². The van der Waals surface area contributed by atoms with Gasteiger partial charge in [-0.2, -0.15) is 0 Å². The highest BCUT2D eigenvalue weighted by atomic mass is 32.1. The Labute approximate surface area is 95.7 Å². The van der Waals surface area contributed by atoms with E-state index in [4.69, 9.17) is 5.11 Å². The number of nitrogens with one attached hydrogen (secondary N) is 1. The van der Waals surface area contributed by atoms with Crippen LogP contribution in [0.1, 0.15) is 18.2 Å². The van der Waals surface area contributed by atoms with Gasteiger partial charge in [0.2, 0.25) is 0 Å². The third kappa shape index (κ3) is 1.34. The van der Waals surface area contributed by atoms with Crippen molar-refractivity contribution in [1.29, 1.82) is 0 Å². The molecule has 1 fully saturated rings. The van der Waals surface area contributed by atoms with Gasteiger partial charge < -0.3 is 10.4 Å². The van der Waals surface area contributed by atoms with Gasteiger partial charge in [-0.3, -0.25) is 9.20 Å². The molecule has 16 heavy (non-hydrogen) atoms. The summed E-state index contributed by atoms with van der Waals surface area (Å²) in [7, 11) is 0. The predicted octanol–water partition coefficient (Wildman–Crippen LogP) is 1.13. The van der Waals surface area contributed by atoms with E-state index in [1.807, 2.05) is 16.0 Å². The number of carboxylic acids is 1. The number of carbonyl (C=O) groups is 1. The lowest BCUT2D eigenvalue weighted by Gasteiger charge is -2.14. The second-order valence-electron chi connectivity index (χ2n) is 3.91. The lowest BCUT2D eigenvalue weighted by atomic mass is 9.99. The van der Waals surface area contributed by atoms with Crippen molar-refractivity contribution in [1.82, 2.24) is 14.7 Å². The maximum atomic E-state index is 11.1. The van der Waals surface area contributed by atoms with Crippen LogP contribution in [0.3, 0.4) is 0 Å². The molecule has 0 spiro atoms. The first-order chi connectivity index (χ1) is 7.77. The van der Waals surface area contributed by atoms with Crippen LogP contribution in [0.2, 0.25) is 0 Å². The minimum atomic E-state index is -0.727. The van der Waals surface area contributed by atoms with Gasteiger partial charge in [-0.15, -0.1) is 11.3 Å². The van der Waals surface area contributed by atoms with Crippen molar-refractivity contribution in [2.24, 2.45) is 5.92 Å². The van der Waals surface area contributed by atoms with Crippen molar-refractivity contribution < 1.29 is 9.90 Å². The summed E-state index contributed by atoms with van der Waals surface area (Å²) in [4.78, 5) is 16.2. The smallest absolute Gasteiger partial charge is 0.308 e. The van der Waals surface area contributed by atoms with Crippen molar-refractivity contribution in [3.63, 3.8) is 0 Å².